The SMILES string of the molecule is CCOc1nc(N)nc2ncc(-c3cncc(Br)c3)nc12. The molecule has 3 heterocycles. The molecule has 0 aromatic carbocycles. The molecule has 0 fully saturated rings. The normalized spacial score (nSPS) is 10.8. The van der Waals surface area contributed by atoms with Gasteiger partial charge >= 0.3 is 0 Å². The maximum absolute atomic E-state index is 5.64. The summed E-state index contributed by atoms with van der Waals surface area (Å²) >= 11 is 3.38. The smallest absolute Gasteiger partial charge is 0.247 e. The molecule has 0 aliphatic rings. The molecule has 106 valence electrons. The number of hydrogen-bond donors (Lipinski definition) is 1. The van der Waals surface area contributed by atoms with Gasteiger partial charge in [0.15, 0.2) is 11.2 Å². The molecule has 0 atom stereocenters. The predicted molar refractivity (Wildman–Crippen MR) is 81.6 cm³/mol. The van der Waals surface area contributed by atoms with Crippen LogP contribution in [-0.2, 0) is 0 Å². The number of rotatable bonds is 3. The fourth-order valence-corrected chi connectivity index (χ4v) is 2.19. The summed E-state index contributed by atoms with van der Waals surface area (Å²) in [5.74, 6) is 0.439. The number of anilines is 1. The van der Waals surface area contributed by atoms with Gasteiger partial charge in [-0.05, 0) is 28.9 Å². The average Bonchev–Trinajstić information content (AvgIpc) is 2.47. The molecular formula is C13H11BrN6O. The number of pyridine rings is 1. The van der Waals surface area contributed by atoms with Crippen LogP contribution < -0.4 is 10.5 Å². The van der Waals surface area contributed by atoms with Gasteiger partial charge in [-0.25, -0.2) is 9.97 Å². The van der Waals surface area contributed by atoms with Gasteiger partial charge in [-0.1, -0.05) is 0 Å². The topological polar surface area (TPSA) is 99.7 Å². The second-order valence-corrected chi connectivity index (χ2v) is 5.05. The van der Waals surface area contributed by atoms with Crippen LogP contribution >= 0.6 is 15.9 Å². The molecule has 0 saturated heterocycles. The van der Waals surface area contributed by atoms with Crippen LogP contribution in [0.4, 0.5) is 5.95 Å². The molecular weight excluding hydrogens is 336 g/mol. The zero-order chi connectivity index (χ0) is 14.8. The van der Waals surface area contributed by atoms with Crippen LogP contribution in [0.1, 0.15) is 6.92 Å². The molecule has 0 spiro atoms. The third kappa shape index (κ3) is 2.75. The van der Waals surface area contributed by atoms with Gasteiger partial charge in [0.2, 0.25) is 11.8 Å². The summed E-state index contributed by atoms with van der Waals surface area (Å²) in [7, 11) is 0. The van der Waals surface area contributed by atoms with Gasteiger partial charge in [0.25, 0.3) is 0 Å². The maximum atomic E-state index is 5.64. The van der Waals surface area contributed by atoms with Crippen molar-refractivity contribution in [2.75, 3.05) is 12.3 Å². The highest BCUT2D eigenvalue weighted by Crippen LogP contribution is 2.25. The summed E-state index contributed by atoms with van der Waals surface area (Å²) in [4.78, 5) is 21.0. The van der Waals surface area contributed by atoms with E-state index in [1.807, 2.05) is 13.0 Å². The summed E-state index contributed by atoms with van der Waals surface area (Å²) in [5.41, 5.74) is 8.00. The maximum Gasteiger partial charge on any atom is 0.247 e. The molecule has 0 radical (unpaired) electrons. The van der Waals surface area contributed by atoms with Gasteiger partial charge in [0.05, 0.1) is 18.5 Å². The molecule has 2 N–H and O–H groups in total. The molecule has 0 aliphatic carbocycles. The highest BCUT2D eigenvalue weighted by atomic mass is 79.9. The zero-order valence-corrected chi connectivity index (χ0v) is 12.7. The van der Waals surface area contributed by atoms with Crippen molar-refractivity contribution in [3.8, 4) is 17.1 Å². The van der Waals surface area contributed by atoms with Crippen molar-refractivity contribution in [2.24, 2.45) is 0 Å². The second kappa shape index (κ2) is 5.57. The van der Waals surface area contributed by atoms with Gasteiger partial charge in [0.1, 0.15) is 0 Å². The van der Waals surface area contributed by atoms with Crippen LogP contribution in [0.3, 0.4) is 0 Å². The number of halogens is 1. The first-order valence-corrected chi connectivity index (χ1v) is 7.00. The third-order valence-corrected chi connectivity index (χ3v) is 3.11. The van der Waals surface area contributed by atoms with Crippen LogP contribution in [-0.4, -0.2) is 31.5 Å². The Bertz CT molecular complexity index is 810. The number of fused-ring (bicyclic) bond motifs is 1. The van der Waals surface area contributed by atoms with Gasteiger partial charge < -0.3 is 10.5 Å². The molecule has 3 aromatic heterocycles. The first-order valence-electron chi connectivity index (χ1n) is 6.21. The summed E-state index contributed by atoms with van der Waals surface area (Å²) in [6.45, 7) is 2.32. The monoisotopic (exact) mass is 346 g/mol. The number of nitrogens with two attached hydrogens (primary N) is 1. The zero-order valence-electron chi connectivity index (χ0n) is 11.1. The lowest BCUT2D eigenvalue weighted by molar-refractivity contribution is 0.330. The Labute approximate surface area is 128 Å². The fraction of sp³-hybridized carbons (Fsp3) is 0.154. The average molecular weight is 347 g/mol. The van der Waals surface area contributed by atoms with Crippen molar-refractivity contribution >= 4 is 33.0 Å². The van der Waals surface area contributed by atoms with Crippen LogP contribution in [0.15, 0.2) is 29.1 Å². The number of ether oxygens (including phenoxy) is 1. The first kappa shape index (κ1) is 13.6. The van der Waals surface area contributed by atoms with E-state index in [-0.39, 0.29) is 5.95 Å². The summed E-state index contributed by atoms with van der Waals surface area (Å²) in [6, 6.07) is 1.90. The molecule has 0 aliphatic heterocycles. The molecule has 3 aromatic rings. The van der Waals surface area contributed by atoms with Crippen molar-refractivity contribution in [1.29, 1.82) is 0 Å². The Morgan fingerprint density at radius 2 is 2.05 bits per heavy atom. The van der Waals surface area contributed by atoms with Crippen LogP contribution in [0.2, 0.25) is 0 Å². The Kier molecular flexibility index (Phi) is 3.61. The second-order valence-electron chi connectivity index (χ2n) is 4.14. The molecule has 0 amide bonds. The molecule has 7 nitrogen and oxygen atoms in total. The van der Waals surface area contributed by atoms with Crippen LogP contribution in [0.5, 0.6) is 5.88 Å². The van der Waals surface area contributed by atoms with E-state index in [0.29, 0.717) is 29.3 Å². The molecule has 0 unspecified atom stereocenters. The highest BCUT2D eigenvalue weighted by Gasteiger charge is 2.12. The minimum Gasteiger partial charge on any atom is -0.476 e. The van der Waals surface area contributed by atoms with Crippen LogP contribution in [0, 0.1) is 0 Å². The van der Waals surface area contributed by atoms with E-state index in [1.54, 1.807) is 18.6 Å². The van der Waals surface area contributed by atoms with E-state index in [1.165, 1.54) is 0 Å². The lowest BCUT2D eigenvalue weighted by Gasteiger charge is -2.07. The van der Waals surface area contributed by atoms with Crippen molar-refractivity contribution < 1.29 is 4.74 Å². The van der Waals surface area contributed by atoms with E-state index in [0.717, 1.165) is 10.0 Å². The molecule has 0 bridgehead atoms. The Hall–Kier alpha value is -2.35. The van der Waals surface area contributed by atoms with Gasteiger partial charge in [-0.2, -0.15) is 9.97 Å². The molecule has 21 heavy (non-hydrogen) atoms. The lowest BCUT2D eigenvalue weighted by atomic mass is 10.2. The molecule has 3 rings (SSSR count). The molecule has 0 saturated carbocycles. The van der Waals surface area contributed by atoms with Crippen LogP contribution in [0.25, 0.3) is 22.4 Å². The highest BCUT2D eigenvalue weighted by molar-refractivity contribution is 9.10. The van der Waals surface area contributed by atoms with E-state index in [4.69, 9.17) is 10.5 Å². The minimum absolute atomic E-state index is 0.108. The van der Waals surface area contributed by atoms with Gasteiger partial charge in [-0.15, -0.1) is 0 Å². The summed E-state index contributed by atoms with van der Waals surface area (Å²) in [6.07, 6.45) is 5.03. The third-order valence-electron chi connectivity index (χ3n) is 2.67. The van der Waals surface area contributed by atoms with Gasteiger partial charge in [0, 0.05) is 22.4 Å². The predicted octanol–water partition coefficient (Wildman–Crippen LogP) is 2.23. The van der Waals surface area contributed by atoms with Crippen molar-refractivity contribution in [3.63, 3.8) is 0 Å². The number of hydrogen-bond acceptors (Lipinski definition) is 7. The summed E-state index contributed by atoms with van der Waals surface area (Å²) < 4.78 is 6.32. The van der Waals surface area contributed by atoms with Crippen molar-refractivity contribution in [3.05, 3.63) is 29.1 Å². The quantitative estimate of drug-likeness (QED) is 0.775. The van der Waals surface area contributed by atoms with Gasteiger partial charge in [-0.3, -0.25) is 4.98 Å². The van der Waals surface area contributed by atoms with Crippen molar-refractivity contribution in [2.45, 2.75) is 6.92 Å². The molecule has 8 heteroatoms. The minimum atomic E-state index is 0.108. The Morgan fingerprint density at radius 1 is 1.19 bits per heavy atom. The fourth-order valence-electron chi connectivity index (χ4n) is 1.83. The largest absolute Gasteiger partial charge is 0.476 e. The van der Waals surface area contributed by atoms with E-state index < -0.39 is 0 Å². The lowest BCUT2D eigenvalue weighted by Crippen LogP contribution is -2.04. The number of nitrogens with zero attached hydrogens (tertiary/aromatic N) is 5. The van der Waals surface area contributed by atoms with Crippen molar-refractivity contribution in [1.82, 2.24) is 24.9 Å². The van der Waals surface area contributed by atoms with E-state index in [2.05, 4.69) is 40.8 Å². The number of aromatic nitrogens is 5. The Morgan fingerprint density at radius 3 is 2.81 bits per heavy atom. The van der Waals surface area contributed by atoms with E-state index in [9.17, 15) is 0 Å². The summed E-state index contributed by atoms with van der Waals surface area (Å²) in [5, 5.41) is 0. The first-order chi connectivity index (χ1) is 10.2. The van der Waals surface area contributed by atoms with E-state index >= 15 is 0 Å². The Balaban J connectivity index is 2.19. The standard InChI is InChI=1S/C13H11BrN6O/c1-2-21-12-10-11(19-13(15)20-12)17-6-9(18-10)7-3-8(14)5-16-4-7/h3-6H,2H2,1H3,(H2,15,17,19,20). The number of nitrogen functional groups attached to an aromatic ring is 1.